The van der Waals surface area contributed by atoms with Gasteiger partial charge in [-0.05, 0) is 19.2 Å². The van der Waals surface area contributed by atoms with Gasteiger partial charge in [0, 0.05) is 50.8 Å². The van der Waals surface area contributed by atoms with Gasteiger partial charge in [-0.25, -0.2) is 9.97 Å². The third-order valence-corrected chi connectivity index (χ3v) is 5.69. The summed E-state index contributed by atoms with van der Waals surface area (Å²) in [6, 6.07) is 2.06. The maximum Gasteiger partial charge on any atom is 0.394 e. The first kappa shape index (κ1) is 22.9. The fourth-order valence-corrected chi connectivity index (χ4v) is 4.19. The second-order valence-electron chi connectivity index (χ2n) is 8.02. The fraction of sp³-hybridized carbons (Fsp3) is 0.476. The van der Waals surface area contributed by atoms with Gasteiger partial charge in [-0.3, -0.25) is 19.7 Å². The van der Waals surface area contributed by atoms with E-state index in [0.717, 1.165) is 26.1 Å². The summed E-state index contributed by atoms with van der Waals surface area (Å²) < 4.78 is 38.5. The normalized spacial score (nSPS) is 22.4. The molecule has 2 saturated heterocycles. The van der Waals surface area contributed by atoms with Crippen LogP contribution < -0.4 is 10.2 Å². The molecule has 1 atom stereocenters. The number of carbonyl (C=O) groups is 1. The standard InChI is InChI=1S/C21H25F3N8O/c1-25-11-17(31-9-5-26-15(12-31)10-21(22,23)24)20-28-4-2-18(29-20)32-7-3-16(13-32)30-8-6-27-19(33)14-30/h2,4-5,11-12,16H,1,3,6-10,13-14H2,(H,27,33)/b17-11-. The van der Waals surface area contributed by atoms with E-state index in [9.17, 15) is 18.0 Å². The largest absolute Gasteiger partial charge is 0.394 e. The maximum atomic E-state index is 12.8. The van der Waals surface area contributed by atoms with E-state index in [2.05, 4.69) is 41.8 Å². The number of rotatable bonds is 6. The monoisotopic (exact) mass is 462 g/mol. The first-order valence-corrected chi connectivity index (χ1v) is 10.6. The van der Waals surface area contributed by atoms with Crippen LogP contribution in [0.4, 0.5) is 19.0 Å². The molecule has 0 bridgehead atoms. The predicted molar refractivity (Wildman–Crippen MR) is 119 cm³/mol. The summed E-state index contributed by atoms with van der Waals surface area (Å²) in [4.78, 5) is 34.3. The number of allylic oxidation sites excluding steroid dienone is 1. The number of nitrogens with zero attached hydrogens (tertiary/aromatic N) is 7. The maximum absolute atomic E-state index is 12.8. The molecule has 0 saturated carbocycles. The zero-order chi connectivity index (χ0) is 23.4. The molecule has 0 radical (unpaired) electrons. The smallest absolute Gasteiger partial charge is 0.355 e. The molecule has 1 amide bonds. The van der Waals surface area contributed by atoms with Crippen molar-refractivity contribution in [1.82, 2.24) is 25.1 Å². The van der Waals surface area contributed by atoms with Gasteiger partial charge in [0.1, 0.15) is 11.5 Å². The van der Waals surface area contributed by atoms with Gasteiger partial charge < -0.3 is 15.1 Å². The highest BCUT2D eigenvalue weighted by Crippen LogP contribution is 2.29. The molecule has 0 aromatic carbocycles. The molecule has 1 N–H and O–H groups in total. The minimum Gasteiger partial charge on any atom is -0.355 e. The lowest BCUT2D eigenvalue weighted by Gasteiger charge is -2.31. The van der Waals surface area contributed by atoms with Crippen molar-refractivity contribution >= 4 is 30.4 Å². The van der Waals surface area contributed by atoms with Crippen LogP contribution in [0.5, 0.6) is 0 Å². The molecular formula is C21H25F3N8O. The molecule has 3 aliphatic heterocycles. The SMILES string of the molecule is C=N/C=C(/c1nccc(N2CCC(N3CCNC(=O)C3)C2)n1)N1C=C(CC(F)(F)F)N=CC1. The van der Waals surface area contributed by atoms with Crippen molar-refractivity contribution in [2.45, 2.75) is 25.1 Å². The van der Waals surface area contributed by atoms with Crippen molar-refractivity contribution in [2.24, 2.45) is 9.98 Å². The minimum atomic E-state index is -4.36. The summed E-state index contributed by atoms with van der Waals surface area (Å²) in [6.07, 6.45) is 1.24. The van der Waals surface area contributed by atoms with Crippen LogP contribution in [-0.4, -0.2) is 90.1 Å². The van der Waals surface area contributed by atoms with Crippen LogP contribution in [0, 0.1) is 0 Å². The quantitative estimate of drug-likeness (QED) is 0.647. The second kappa shape index (κ2) is 9.69. The zero-order valence-electron chi connectivity index (χ0n) is 18.0. The van der Waals surface area contributed by atoms with E-state index in [-0.39, 0.29) is 24.2 Å². The Morgan fingerprint density at radius 2 is 2.21 bits per heavy atom. The number of aliphatic imine (C=N–C) groups is 2. The summed E-state index contributed by atoms with van der Waals surface area (Å²) in [5, 5.41) is 2.84. The van der Waals surface area contributed by atoms with Crippen molar-refractivity contribution in [2.75, 3.05) is 44.2 Å². The van der Waals surface area contributed by atoms with Gasteiger partial charge in [-0.15, -0.1) is 0 Å². The number of carbonyl (C=O) groups excluding carboxylic acids is 1. The van der Waals surface area contributed by atoms with Crippen LogP contribution >= 0.6 is 0 Å². The van der Waals surface area contributed by atoms with Gasteiger partial charge in [0.2, 0.25) is 5.91 Å². The lowest BCUT2D eigenvalue weighted by atomic mass is 10.2. The highest BCUT2D eigenvalue weighted by molar-refractivity contribution is 5.78. The number of nitrogens with one attached hydrogen (secondary N) is 1. The highest BCUT2D eigenvalue weighted by Gasteiger charge is 2.32. The van der Waals surface area contributed by atoms with Gasteiger partial charge in [0.25, 0.3) is 0 Å². The third-order valence-electron chi connectivity index (χ3n) is 5.69. The molecule has 1 aromatic heterocycles. The third kappa shape index (κ3) is 5.75. The lowest BCUT2D eigenvalue weighted by Crippen LogP contribution is -2.52. The molecule has 0 aliphatic carbocycles. The summed E-state index contributed by atoms with van der Waals surface area (Å²) in [5.74, 6) is 1.08. The topological polar surface area (TPSA) is 89.3 Å². The Bertz CT molecular complexity index is 990. The molecule has 2 fully saturated rings. The lowest BCUT2D eigenvalue weighted by molar-refractivity contribution is -0.127. The van der Waals surface area contributed by atoms with Crippen LogP contribution in [-0.2, 0) is 4.79 Å². The van der Waals surface area contributed by atoms with Crippen LogP contribution in [0.3, 0.4) is 0 Å². The zero-order valence-corrected chi connectivity index (χ0v) is 18.0. The van der Waals surface area contributed by atoms with E-state index in [1.807, 2.05) is 0 Å². The first-order chi connectivity index (χ1) is 15.8. The van der Waals surface area contributed by atoms with Crippen molar-refractivity contribution in [3.05, 3.63) is 36.2 Å². The van der Waals surface area contributed by atoms with Gasteiger partial charge >= 0.3 is 6.18 Å². The fourth-order valence-electron chi connectivity index (χ4n) is 4.19. The van der Waals surface area contributed by atoms with Crippen molar-refractivity contribution in [1.29, 1.82) is 0 Å². The van der Waals surface area contributed by atoms with E-state index in [1.54, 1.807) is 17.2 Å². The highest BCUT2D eigenvalue weighted by atomic mass is 19.4. The Labute approximate surface area is 189 Å². The minimum absolute atomic E-state index is 0.0405. The number of hydrogen-bond donors (Lipinski definition) is 1. The van der Waals surface area contributed by atoms with E-state index >= 15 is 0 Å². The molecule has 33 heavy (non-hydrogen) atoms. The van der Waals surface area contributed by atoms with Crippen LogP contribution in [0.15, 0.2) is 40.3 Å². The molecule has 4 rings (SSSR count). The molecule has 9 nitrogen and oxygen atoms in total. The molecular weight excluding hydrogens is 437 g/mol. The van der Waals surface area contributed by atoms with E-state index in [4.69, 9.17) is 0 Å². The average Bonchev–Trinajstić information content (AvgIpc) is 3.27. The van der Waals surface area contributed by atoms with Gasteiger partial charge in [-0.2, -0.15) is 13.2 Å². The number of alkyl halides is 3. The Hall–Kier alpha value is -3.28. The Balaban J connectivity index is 1.51. The molecule has 1 aromatic rings. The first-order valence-electron chi connectivity index (χ1n) is 10.6. The number of halogens is 3. The van der Waals surface area contributed by atoms with E-state index in [0.29, 0.717) is 30.4 Å². The van der Waals surface area contributed by atoms with Crippen molar-refractivity contribution in [3.63, 3.8) is 0 Å². The predicted octanol–water partition coefficient (Wildman–Crippen LogP) is 1.67. The molecule has 12 heteroatoms. The average molecular weight is 462 g/mol. The second-order valence-corrected chi connectivity index (χ2v) is 8.02. The van der Waals surface area contributed by atoms with Crippen LogP contribution in [0.1, 0.15) is 18.7 Å². The van der Waals surface area contributed by atoms with Gasteiger partial charge in [0.15, 0.2) is 5.82 Å². The van der Waals surface area contributed by atoms with Gasteiger partial charge in [-0.1, -0.05) is 0 Å². The van der Waals surface area contributed by atoms with Crippen molar-refractivity contribution in [3.8, 4) is 0 Å². The number of anilines is 1. The number of aromatic nitrogens is 2. The number of amides is 1. The molecule has 1 unspecified atom stereocenters. The summed E-state index contributed by atoms with van der Waals surface area (Å²) in [5.41, 5.74) is 0.328. The van der Waals surface area contributed by atoms with E-state index in [1.165, 1.54) is 18.6 Å². The van der Waals surface area contributed by atoms with Crippen molar-refractivity contribution < 1.29 is 18.0 Å². The Kier molecular flexibility index (Phi) is 6.72. The molecule has 4 heterocycles. The summed E-state index contributed by atoms with van der Waals surface area (Å²) >= 11 is 0. The van der Waals surface area contributed by atoms with Gasteiger partial charge in [0.05, 0.1) is 31.4 Å². The van der Waals surface area contributed by atoms with Crippen LogP contribution in [0.25, 0.3) is 5.70 Å². The summed E-state index contributed by atoms with van der Waals surface area (Å²) in [6.45, 7) is 7.12. The van der Waals surface area contributed by atoms with Crippen LogP contribution in [0.2, 0.25) is 0 Å². The summed E-state index contributed by atoms with van der Waals surface area (Å²) in [7, 11) is 0. The Morgan fingerprint density at radius 3 is 2.97 bits per heavy atom. The Morgan fingerprint density at radius 1 is 1.36 bits per heavy atom. The van der Waals surface area contributed by atoms with E-state index < -0.39 is 12.6 Å². The number of hydrogen-bond acceptors (Lipinski definition) is 8. The molecule has 0 spiro atoms. The molecule has 176 valence electrons. The molecule has 3 aliphatic rings. The number of piperazine rings is 1.